The van der Waals surface area contributed by atoms with Crippen molar-refractivity contribution in [3.05, 3.63) is 27.7 Å². The SMILES string of the molecule is Cc1cc(Br)cc(C=O)c1OCCC(=O)O. The summed E-state index contributed by atoms with van der Waals surface area (Å²) in [5.41, 5.74) is 1.21. The van der Waals surface area contributed by atoms with Gasteiger partial charge in [-0.15, -0.1) is 0 Å². The highest BCUT2D eigenvalue weighted by atomic mass is 79.9. The molecule has 0 aliphatic rings. The zero-order valence-electron chi connectivity index (χ0n) is 8.70. The average molecular weight is 287 g/mol. The van der Waals surface area contributed by atoms with Crippen molar-refractivity contribution in [2.45, 2.75) is 13.3 Å². The first-order valence-corrected chi connectivity index (χ1v) is 5.44. The number of carbonyl (C=O) groups excluding carboxylic acids is 1. The van der Waals surface area contributed by atoms with E-state index in [4.69, 9.17) is 9.84 Å². The molecular formula is C11H11BrO4. The van der Waals surface area contributed by atoms with E-state index in [1.54, 1.807) is 13.0 Å². The monoisotopic (exact) mass is 286 g/mol. The molecule has 0 amide bonds. The molecule has 86 valence electrons. The van der Waals surface area contributed by atoms with Crippen molar-refractivity contribution in [1.82, 2.24) is 0 Å². The molecule has 16 heavy (non-hydrogen) atoms. The number of aldehydes is 1. The molecule has 0 saturated heterocycles. The van der Waals surface area contributed by atoms with E-state index in [1.165, 1.54) is 0 Å². The van der Waals surface area contributed by atoms with Crippen LogP contribution in [0.3, 0.4) is 0 Å². The molecule has 1 aromatic rings. The Morgan fingerprint density at radius 1 is 1.56 bits per heavy atom. The highest BCUT2D eigenvalue weighted by Gasteiger charge is 2.09. The Morgan fingerprint density at radius 3 is 2.81 bits per heavy atom. The van der Waals surface area contributed by atoms with Gasteiger partial charge in [0.15, 0.2) is 6.29 Å². The van der Waals surface area contributed by atoms with Crippen molar-refractivity contribution in [3.63, 3.8) is 0 Å². The molecule has 1 aromatic carbocycles. The lowest BCUT2D eigenvalue weighted by Gasteiger charge is -2.10. The minimum Gasteiger partial charge on any atom is -0.492 e. The minimum absolute atomic E-state index is 0.0542. The van der Waals surface area contributed by atoms with Gasteiger partial charge in [0.2, 0.25) is 0 Å². The van der Waals surface area contributed by atoms with Gasteiger partial charge in [0.05, 0.1) is 18.6 Å². The van der Waals surface area contributed by atoms with E-state index in [1.807, 2.05) is 6.07 Å². The molecule has 1 rings (SSSR count). The number of rotatable bonds is 5. The van der Waals surface area contributed by atoms with Crippen LogP contribution in [-0.4, -0.2) is 24.0 Å². The molecule has 0 radical (unpaired) electrons. The van der Waals surface area contributed by atoms with Crippen LogP contribution in [0.4, 0.5) is 0 Å². The zero-order chi connectivity index (χ0) is 12.1. The van der Waals surface area contributed by atoms with Gasteiger partial charge in [0.25, 0.3) is 0 Å². The lowest BCUT2D eigenvalue weighted by molar-refractivity contribution is -0.137. The first kappa shape index (κ1) is 12.7. The Labute approximate surface area is 101 Å². The number of carbonyl (C=O) groups is 2. The maximum Gasteiger partial charge on any atom is 0.306 e. The number of aryl methyl sites for hydroxylation is 1. The standard InChI is InChI=1S/C11H11BrO4/c1-7-4-9(12)5-8(6-13)11(7)16-3-2-10(14)15/h4-6H,2-3H2,1H3,(H,14,15). The van der Waals surface area contributed by atoms with Gasteiger partial charge in [-0.25, -0.2) is 0 Å². The zero-order valence-corrected chi connectivity index (χ0v) is 10.3. The third-order valence-electron chi connectivity index (χ3n) is 1.96. The molecule has 0 saturated carbocycles. The van der Waals surface area contributed by atoms with Gasteiger partial charge in [0.1, 0.15) is 5.75 Å². The lowest BCUT2D eigenvalue weighted by Crippen LogP contribution is -2.07. The molecular weight excluding hydrogens is 276 g/mol. The Balaban J connectivity index is 2.85. The van der Waals surface area contributed by atoms with Gasteiger partial charge < -0.3 is 9.84 Å². The first-order chi connectivity index (χ1) is 7.54. The Kier molecular flexibility index (Phi) is 4.49. The highest BCUT2D eigenvalue weighted by Crippen LogP contribution is 2.26. The highest BCUT2D eigenvalue weighted by molar-refractivity contribution is 9.10. The number of ether oxygens (including phenoxy) is 1. The Morgan fingerprint density at radius 2 is 2.25 bits per heavy atom. The van der Waals surface area contributed by atoms with E-state index in [9.17, 15) is 9.59 Å². The molecule has 4 nitrogen and oxygen atoms in total. The number of benzene rings is 1. The largest absolute Gasteiger partial charge is 0.492 e. The van der Waals surface area contributed by atoms with Gasteiger partial charge >= 0.3 is 5.97 Å². The summed E-state index contributed by atoms with van der Waals surface area (Å²) in [6.45, 7) is 1.85. The molecule has 0 bridgehead atoms. The molecule has 0 unspecified atom stereocenters. The van der Waals surface area contributed by atoms with Crippen molar-refractivity contribution in [3.8, 4) is 5.75 Å². The van der Waals surface area contributed by atoms with Crippen LogP contribution in [0.1, 0.15) is 22.3 Å². The minimum atomic E-state index is -0.928. The maximum absolute atomic E-state index is 10.8. The Bertz CT molecular complexity index is 415. The van der Waals surface area contributed by atoms with Gasteiger partial charge in [-0.1, -0.05) is 15.9 Å². The van der Waals surface area contributed by atoms with Crippen molar-refractivity contribution >= 4 is 28.2 Å². The summed E-state index contributed by atoms with van der Waals surface area (Å²) in [6, 6.07) is 3.44. The topological polar surface area (TPSA) is 63.6 Å². The van der Waals surface area contributed by atoms with Crippen LogP contribution in [0, 0.1) is 6.92 Å². The summed E-state index contributed by atoms with van der Waals surface area (Å²) in [5, 5.41) is 8.47. The van der Waals surface area contributed by atoms with E-state index in [2.05, 4.69) is 15.9 Å². The number of carboxylic acids is 1. The molecule has 5 heteroatoms. The van der Waals surface area contributed by atoms with Crippen molar-refractivity contribution in [2.24, 2.45) is 0 Å². The second kappa shape index (κ2) is 5.65. The number of carboxylic acid groups (broad SMARTS) is 1. The van der Waals surface area contributed by atoms with Gasteiger partial charge in [0, 0.05) is 4.47 Å². The number of hydrogen-bond acceptors (Lipinski definition) is 3. The van der Waals surface area contributed by atoms with Crippen LogP contribution in [0.2, 0.25) is 0 Å². The van der Waals surface area contributed by atoms with E-state index in [-0.39, 0.29) is 13.0 Å². The van der Waals surface area contributed by atoms with E-state index >= 15 is 0 Å². The molecule has 1 N–H and O–H groups in total. The van der Waals surface area contributed by atoms with Crippen LogP contribution >= 0.6 is 15.9 Å². The average Bonchev–Trinajstić information content (AvgIpc) is 2.20. The predicted octanol–water partition coefficient (Wildman–Crippen LogP) is 2.42. The quantitative estimate of drug-likeness (QED) is 0.845. The smallest absolute Gasteiger partial charge is 0.306 e. The van der Waals surface area contributed by atoms with Crippen molar-refractivity contribution < 1.29 is 19.4 Å². The summed E-state index contributed by atoms with van der Waals surface area (Å²) in [7, 11) is 0. The predicted molar refractivity (Wildman–Crippen MR) is 62.0 cm³/mol. The molecule has 0 fully saturated rings. The number of aliphatic carboxylic acids is 1. The first-order valence-electron chi connectivity index (χ1n) is 4.64. The van der Waals surface area contributed by atoms with Crippen molar-refractivity contribution in [1.29, 1.82) is 0 Å². The fraction of sp³-hybridized carbons (Fsp3) is 0.273. The van der Waals surface area contributed by atoms with Gasteiger partial charge in [-0.05, 0) is 24.6 Å². The third-order valence-corrected chi connectivity index (χ3v) is 2.42. The fourth-order valence-corrected chi connectivity index (χ4v) is 1.87. The van der Waals surface area contributed by atoms with E-state index < -0.39 is 5.97 Å². The van der Waals surface area contributed by atoms with Crippen molar-refractivity contribution in [2.75, 3.05) is 6.61 Å². The normalized spacial score (nSPS) is 9.88. The third kappa shape index (κ3) is 3.34. The van der Waals surface area contributed by atoms with E-state index in [0.717, 1.165) is 10.0 Å². The maximum atomic E-state index is 10.8. The molecule has 0 spiro atoms. The molecule has 0 aliphatic carbocycles. The number of halogens is 1. The van der Waals surface area contributed by atoms with Gasteiger partial charge in [-0.3, -0.25) is 9.59 Å². The Hall–Kier alpha value is -1.36. The van der Waals surface area contributed by atoms with E-state index in [0.29, 0.717) is 17.6 Å². The lowest BCUT2D eigenvalue weighted by atomic mass is 10.1. The fourth-order valence-electron chi connectivity index (χ4n) is 1.28. The second-order valence-corrected chi connectivity index (χ2v) is 4.17. The van der Waals surface area contributed by atoms with Crippen LogP contribution in [0.5, 0.6) is 5.75 Å². The number of hydrogen-bond donors (Lipinski definition) is 1. The van der Waals surface area contributed by atoms with Crippen LogP contribution in [0.25, 0.3) is 0 Å². The van der Waals surface area contributed by atoms with Gasteiger partial charge in [-0.2, -0.15) is 0 Å². The molecule has 0 atom stereocenters. The van der Waals surface area contributed by atoms with Crippen LogP contribution in [0.15, 0.2) is 16.6 Å². The summed E-state index contributed by atoms with van der Waals surface area (Å²) >= 11 is 3.27. The second-order valence-electron chi connectivity index (χ2n) is 3.25. The molecule has 0 aliphatic heterocycles. The summed E-state index contributed by atoms with van der Waals surface area (Å²) in [4.78, 5) is 21.1. The van der Waals surface area contributed by atoms with Crippen LogP contribution in [-0.2, 0) is 4.79 Å². The molecule has 0 heterocycles. The summed E-state index contributed by atoms with van der Waals surface area (Å²) < 4.78 is 6.08. The summed E-state index contributed by atoms with van der Waals surface area (Å²) in [5.74, 6) is -0.484. The van der Waals surface area contributed by atoms with Crippen LogP contribution < -0.4 is 4.74 Å². The summed E-state index contributed by atoms with van der Waals surface area (Å²) in [6.07, 6.45) is 0.599. The molecule has 0 aromatic heterocycles.